The van der Waals surface area contributed by atoms with Crippen molar-refractivity contribution in [3.8, 4) is 6.07 Å². The van der Waals surface area contributed by atoms with Crippen LogP contribution in [0.5, 0.6) is 0 Å². The normalized spacial score (nSPS) is 12.1. The average molecular weight is 174 g/mol. The van der Waals surface area contributed by atoms with Gasteiger partial charge in [-0.2, -0.15) is 5.26 Å². The topological polar surface area (TPSA) is 47.6 Å². The number of nitriles is 1. The van der Waals surface area contributed by atoms with E-state index in [-0.39, 0.29) is 0 Å². The zero-order valence-corrected chi connectivity index (χ0v) is 8.09. The molecular weight excluding hydrogens is 160 g/mol. The molecule has 0 rings (SSSR count). The maximum Gasteiger partial charge on any atom is 0.0944 e. The molecule has 68 valence electrons. The van der Waals surface area contributed by atoms with Crippen LogP contribution < -0.4 is 0 Å². The van der Waals surface area contributed by atoms with Gasteiger partial charge in [0.25, 0.3) is 0 Å². The van der Waals surface area contributed by atoms with E-state index in [2.05, 4.69) is 6.58 Å². The molecule has 0 saturated carbocycles. The van der Waals surface area contributed by atoms with E-state index in [4.69, 9.17) is 10.7 Å². The van der Waals surface area contributed by atoms with Gasteiger partial charge in [-0.1, -0.05) is 24.3 Å². The first-order valence-corrected chi connectivity index (χ1v) is 4.04. The molecule has 0 atom stereocenters. The summed E-state index contributed by atoms with van der Waals surface area (Å²) < 4.78 is 0. The van der Waals surface area contributed by atoms with E-state index in [1.165, 1.54) is 0 Å². The van der Waals surface area contributed by atoms with E-state index >= 15 is 0 Å². The lowest BCUT2D eigenvalue weighted by atomic mass is 10.1. The maximum absolute atomic E-state index is 8.48. The van der Waals surface area contributed by atoms with Gasteiger partial charge in [0.2, 0.25) is 0 Å². The van der Waals surface area contributed by atoms with Crippen LogP contribution in [0.3, 0.4) is 0 Å². The van der Waals surface area contributed by atoms with Crippen molar-refractivity contribution in [1.29, 1.82) is 10.7 Å². The fourth-order valence-corrected chi connectivity index (χ4v) is 0.905. The summed E-state index contributed by atoms with van der Waals surface area (Å²) in [7, 11) is 0. The molecule has 0 aromatic rings. The van der Waals surface area contributed by atoms with Gasteiger partial charge in [0.15, 0.2) is 0 Å². The summed E-state index contributed by atoms with van der Waals surface area (Å²) in [4.78, 5) is 0. The smallest absolute Gasteiger partial charge is 0.0944 e. The molecule has 1 N–H and O–H groups in total. The first-order chi connectivity index (χ1) is 6.10. The number of nitrogens with zero attached hydrogens (tertiary/aromatic N) is 1. The summed E-state index contributed by atoms with van der Waals surface area (Å²) in [6.07, 6.45) is 5.72. The summed E-state index contributed by atoms with van der Waals surface area (Å²) in [5.74, 6) is 0. The van der Waals surface area contributed by atoms with Gasteiger partial charge in [-0.25, -0.2) is 0 Å². The van der Waals surface area contributed by atoms with Crippen LogP contribution in [-0.4, -0.2) is 5.71 Å². The van der Waals surface area contributed by atoms with Crippen LogP contribution in [0.15, 0.2) is 36.0 Å². The molecule has 0 spiro atoms. The minimum absolute atomic E-state index is 0.453. The molecule has 0 heterocycles. The van der Waals surface area contributed by atoms with Gasteiger partial charge >= 0.3 is 0 Å². The third-order valence-electron chi connectivity index (χ3n) is 1.44. The molecular formula is C11H14N2. The number of allylic oxidation sites excluding steroid dienone is 5. The molecule has 0 aliphatic heterocycles. The molecule has 0 radical (unpaired) electrons. The third-order valence-corrected chi connectivity index (χ3v) is 1.44. The molecule has 0 saturated heterocycles. The minimum Gasteiger partial charge on any atom is -0.305 e. The fourth-order valence-electron chi connectivity index (χ4n) is 0.905. The quantitative estimate of drug-likeness (QED) is 0.397. The number of hydrogen-bond donors (Lipinski definition) is 1. The van der Waals surface area contributed by atoms with Crippen LogP contribution in [0, 0.1) is 16.7 Å². The van der Waals surface area contributed by atoms with E-state index in [1.807, 2.05) is 19.1 Å². The Morgan fingerprint density at radius 1 is 1.54 bits per heavy atom. The van der Waals surface area contributed by atoms with Crippen molar-refractivity contribution in [1.82, 2.24) is 0 Å². The Morgan fingerprint density at radius 3 is 2.62 bits per heavy atom. The van der Waals surface area contributed by atoms with Crippen LogP contribution >= 0.6 is 0 Å². The summed E-state index contributed by atoms with van der Waals surface area (Å²) in [5.41, 5.74) is 2.09. The molecule has 0 aliphatic carbocycles. The van der Waals surface area contributed by atoms with Crippen LogP contribution in [0.4, 0.5) is 0 Å². The Labute approximate surface area is 79.4 Å². The first kappa shape index (κ1) is 11.4. The van der Waals surface area contributed by atoms with E-state index in [9.17, 15) is 0 Å². The molecule has 13 heavy (non-hydrogen) atoms. The standard InChI is InChI=1S/C11H14N2/c1-4-5-9(2)6-11(13)7-10(3)8-12/h4-5,7,13H,1,6H2,2-3H3/b9-5+,10-7+,13-11?. The SMILES string of the molecule is C=C/C=C(\C)CC(=N)/C=C(\C)C#N. The van der Waals surface area contributed by atoms with Gasteiger partial charge in [-0.3, -0.25) is 0 Å². The fraction of sp³-hybridized carbons (Fsp3) is 0.273. The number of rotatable bonds is 4. The van der Waals surface area contributed by atoms with Crippen molar-refractivity contribution in [3.63, 3.8) is 0 Å². The Hall–Kier alpha value is -1.62. The predicted octanol–water partition coefficient (Wildman–Crippen LogP) is 3.00. The second-order valence-corrected chi connectivity index (χ2v) is 2.89. The number of nitrogens with one attached hydrogen (secondary N) is 1. The van der Waals surface area contributed by atoms with Crippen molar-refractivity contribution in [2.75, 3.05) is 0 Å². The highest BCUT2D eigenvalue weighted by Gasteiger charge is 1.95. The van der Waals surface area contributed by atoms with Crippen LogP contribution in [-0.2, 0) is 0 Å². The summed E-state index contributed by atoms with van der Waals surface area (Å²) >= 11 is 0. The predicted molar refractivity (Wildman–Crippen MR) is 55.7 cm³/mol. The lowest BCUT2D eigenvalue weighted by Crippen LogP contribution is -1.93. The van der Waals surface area contributed by atoms with Gasteiger partial charge in [-0.05, 0) is 19.9 Å². The molecule has 0 unspecified atom stereocenters. The van der Waals surface area contributed by atoms with Crippen molar-refractivity contribution in [2.45, 2.75) is 20.3 Å². The lowest BCUT2D eigenvalue weighted by molar-refractivity contribution is 1.24. The highest BCUT2D eigenvalue weighted by Crippen LogP contribution is 2.03. The zero-order valence-electron chi connectivity index (χ0n) is 8.09. The molecule has 0 fully saturated rings. The first-order valence-electron chi connectivity index (χ1n) is 4.04. The molecule has 0 aromatic carbocycles. The van der Waals surface area contributed by atoms with Crippen molar-refractivity contribution in [2.24, 2.45) is 0 Å². The Balaban J connectivity index is 4.27. The molecule has 0 amide bonds. The van der Waals surface area contributed by atoms with E-state index in [0.29, 0.717) is 17.7 Å². The van der Waals surface area contributed by atoms with E-state index in [1.54, 1.807) is 19.1 Å². The largest absolute Gasteiger partial charge is 0.305 e. The minimum atomic E-state index is 0.453. The van der Waals surface area contributed by atoms with Crippen molar-refractivity contribution in [3.05, 3.63) is 36.0 Å². The van der Waals surface area contributed by atoms with Crippen LogP contribution in [0.25, 0.3) is 0 Å². The van der Waals surface area contributed by atoms with E-state index in [0.717, 1.165) is 5.57 Å². The second kappa shape index (κ2) is 5.96. The monoisotopic (exact) mass is 174 g/mol. The highest BCUT2D eigenvalue weighted by atomic mass is 14.4. The highest BCUT2D eigenvalue weighted by molar-refractivity contribution is 5.94. The van der Waals surface area contributed by atoms with Gasteiger partial charge in [0.05, 0.1) is 6.07 Å². The molecule has 2 nitrogen and oxygen atoms in total. The van der Waals surface area contributed by atoms with Crippen molar-refractivity contribution >= 4 is 5.71 Å². The summed E-state index contributed by atoms with van der Waals surface area (Å²) in [6, 6.07) is 1.98. The summed E-state index contributed by atoms with van der Waals surface area (Å²) in [5, 5.41) is 16.0. The second-order valence-electron chi connectivity index (χ2n) is 2.89. The van der Waals surface area contributed by atoms with Gasteiger partial charge in [-0.15, -0.1) is 0 Å². The molecule has 0 bridgehead atoms. The van der Waals surface area contributed by atoms with Gasteiger partial charge in [0, 0.05) is 17.7 Å². The molecule has 0 aliphatic rings. The zero-order chi connectivity index (χ0) is 10.3. The Kier molecular flexibility index (Phi) is 5.22. The molecule has 2 heteroatoms. The van der Waals surface area contributed by atoms with Crippen molar-refractivity contribution < 1.29 is 0 Å². The Bertz CT molecular complexity index is 301. The average Bonchev–Trinajstić information content (AvgIpc) is 2.04. The van der Waals surface area contributed by atoms with Gasteiger partial charge < -0.3 is 5.41 Å². The van der Waals surface area contributed by atoms with E-state index < -0.39 is 0 Å². The van der Waals surface area contributed by atoms with Crippen LogP contribution in [0.1, 0.15) is 20.3 Å². The third kappa shape index (κ3) is 5.63. The van der Waals surface area contributed by atoms with Crippen LogP contribution in [0.2, 0.25) is 0 Å². The number of hydrogen-bond acceptors (Lipinski definition) is 2. The summed E-state index contributed by atoms with van der Waals surface area (Å²) in [6.45, 7) is 7.20. The molecule has 0 aromatic heterocycles. The Morgan fingerprint density at radius 2 is 2.15 bits per heavy atom. The lowest BCUT2D eigenvalue weighted by Gasteiger charge is -1.97. The van der Waals surface area contributed by atoms with Gasteiger partial charge in [0.1, 0.15) is 0 Å². The maximum atomic E-state index is 8.48.